The van der Waals surface area contributed by atoms with E-state index in [0.717, 1.165) is 51.8 Å². The number of ether oxygens (including phenoxy) is 1. The largest absolute Gasteiger partial charge is 0.378 e. The predicted molar refractivity (Wildman–Crippen MR) is 98.0 cm³/mol. The fourth-order valence-electron chi connectivity index (χ4n) is 4.60. The minimum atomic E-state index is 0.451. The van der Waals surface area contributed by atoms with Crippen molar-refractivity contribution in [2.75, 3.05) is 31.2 Å². The van der Waals surface area contributed by atoms with Crippen LogP contribution in [0.5, 0.6) is 0 Å². The van der Waals surface area contributed by atoms with Gasteiger partial charge in [0.25, 0.3) is 0 Å². The molecule has 0 N–H and O–H groups in total. The first kappa shape index (κ1) is 16.2. The Labute approximate surface area is 154 Å². The second-order valence-electron chi connectivity index (χ2n) is 7.50. The zero-order valence-electron chi connectivity index (χ0n) is 15.3. The quantitative estimate of drug-likeness (QED) is 0.834. The molecule has 5 heterocycles. The summed E-state index contributed by atoms with van der Waals surface area (Å²) in [7, 11) is 0. The lowest BCUT2D eigenvalue weighted by atomic mass is 9.99. The smallest absolute Gasteiger partial charge is 0.225 e. The Balaban J connectivity index is 1.38. The van der Waals surface area contributed by atoms with Crippen molar-refractivity contribution in [2.24, 2.45) is 0 Å². The van der Waals surface area contributed by atoms with Crippen molar-refractivity contribution in [3.63, 3.8) is 0 Å². The molecule has 2 aromatic heterocycles. The van der Waals surface area contributed by atoms with Gasteiger partial charge in [0.1, 0.15) is 0 Å². The molecular weight excluding hydrogens is 328 g/mol. The van der Waals surface area contributed by atoms with E-state index in [4.69, 9.17) is 14.7 Å². The van der Waals surface area contributed by atoms with E-state index in [1.54, 1.807) is 0 Å². The molecule has 138 valence electrons. The number of hydrogen-bond donors (Lipinski definition) is 0. The molecule has 0 radical (unpaired) electrons. The number of fused-ring (bicyclic) bond motifs is 4. The Hall–Kier alpha value is -1.99. The van der Waals surface area contributed by atoms with Gasteiger partial charge in [-0.1, -0.05) is 0 Å². The Morgan fingerprint density at radius 3 is 2.88 bits per heavy atom. The van der Waals surface area contributed by atoms with Crippen LogP contribution in [0.3, 0.4) is 0 Å². The Morgan fingerprint density at radius 1 is 1.19 bits per heavy atom. The second-order valence-corrected chi connectivity index (χ2v) is 7.50. The maximum absolute atomic E-state index is 5.45. The highest BCUT2D eigenvalue weighted by Crippen LogP contribution is 2.43. The van der Waals surface area contributed by atoms with Crippen LogP contribution in [0.4, 0.5) is 5.95 Å². The first-order valence-electron chi connectivity index (χ1n) is 9.77. The lowest BCUT2D eigenvalue weighted by Gasteiger charge is -2.36. The van der Waals surface area contributed by atoms with Crippen molar-refractivity contribution >= 4 is 5.95 Å². The van der Waals surface area contributed by atoms with Crippen LogP contribution in [0, 0.1) is 0 Å². The monoisotopic (exact) mass is 354 g/mol. The molecule has 0 unspecified atom stereocenters. The highest BCUT2D eigenvalue weighted by atomic mass is 16.5. The number of anilines is 1. The predicted octanol–water partition coefficient (Wildman–Crippen LogP) is 1.79. The summed E-state index contributed by atoms with van der Waals surface area (Å²) in [5, 5.41) is 4.43. The van der Waals surface area contributed by atoms with Crippen LogP contribution in [0.15, 0.2) is 18.6 Å². The van der Waals surface area contributed by atoms with Gasteiger partial charge in [-0.25, -0.2) is 9.97 Å². The molecule has 5 rings (SSSR count). The first-order chi connectivity index (χ1) is 12.8. The van der Waals surface area contributed by atoms with E-state index in [1.807, 2.05) is 10.9 Å². The molecular formula is C19H26N6O. The molecule has 2 saturated heterocycles. The van der Waals surface area contributed by atoms with Crippen molar-refractivity contribution < 1.29 is 4.74 Å². The highest BCUT2D eigenvalue weighted by molar-refractivity contribution is 5.37. The van der Waals surface area contributed by atoms with E-state index < -0.39 is 0 Å². The van der Waals surface area contributed by atoms with Crippen LogP contribution in [-0.2, 0) is 24.2 Å². The minimum absolute atomic E-state index is 0.451. The van der Waals surface area contributed by atoms with E-state index in [1.165, 1.54) is 29.7 Å². The van der Waals surface area contributed by atoms with Gasteiger partial charge in [-0.05, 0) is 19.8 Å². The van der Waals surface area contributed by atoms with Crippen LogP contribution in [0.25, 0.3) is 0 Å². The molecule has 26 heavy (non-hydrogen) atoms. The van der Waals surface area contributed by atoms with Crippen LogP contribution >= 0.6 is 0 Å². The molecule has 0 aromatic carbocycles. The molecule has 0 amide bonds. The van der Waals surface area contributed by atoms with Crippen molar-refractivity contribution in [2.45, 2.75) is 51.4 Å². The van der Waals surface area contributed by atoms with Crippen LogP contribution in [0.1, 0.15) is 42.6 Å². The normalized spacial score (nSPS) is 25.5. The topological polar surface area (TPSA) is 59.3 Å². The van der Waals surface area contributed by atoms with Gasteiger partial charge in [0, 0.05) is 68.2 Å². The van der Waals surface area contributed by atoms with Crippen LogP contribution in [0.2, 0.25) is 0 Å². The van der Waals surface area contributed by atoms with E-state index in [0.29, 0.717) is 12.1 Å². The average molecular weight is 354 g/mol. The van der Waals surface area contributed by atoms with Crippen LogP contribution in [-0.4, -0.2) is 57.0 Å². The Kier molecular flexibility index (Phi) is 4.13. The molecule has 3 aliphatic rings. The number of aryl methyl sites for hydroxylation is 1. The summed E-state index contributed by atoms with van der Waals surface area (Å²) in [5.74, 6) is 0.879. The van der Waals surface area contributed by atoms with Crippen molar-refractivity contribution in [3.05, 3.63) is 35.4 Å². The van der Waals surface area contributed by atoms with Gasteiger partial charge in [0.05, 0.1) is 25.1 Å². The van der Waals surface area contributed by atoms with Gasteiger partial charge in [-0.15, -0.1) is 0 Å². The van der Waals surface area contributed by atoms with Crippen molar-refractivity contribution in [1.29, 1.82) is 0 Å². The highest BCUT2D eigenvalue weighted by Gasteiger charge is 2.41. The zero-order chi connectivity index (χ0) is 17.5. The molecule has 2 fully saturated rings. The maximum atomic E-state index is 5.45. The molecule has 2 aromatic rings. The number of rotatable bonds is 4. The fourth-order valence-corrected chi connectivity index (χ4v) is 4.60. The third-order valence-electron chi connectivity index (χ3n) is 5.99. The van der Waals surface area contributed by atoms with Gasteiger partial charge in [-0.3, -0.25) is 9.58 Å². The standard InChI is InChI=1S/C19H26N6O/c1-2-24-12-14(10-21-24)13-25-15-3-4-18(25)16-11-20-19(22-17(16)9-15)23-5-7-26-8-6-23/h10-12,15,18H,2-9,13H2,1H3/t15-,18+/m0/s1. The van der Waals surface area contributed by atoms with E-state index in [2.05, 4.69) is 34.2 Å². The van der Waals surface area contributed by atoms with E-state index in [-0.39, 0.29) is 0 Å². The molecule has 7 nitrogen and oxygen atoms in total. The zero-order valence-corrected chi connectivity index (χ0v) is 15.3. The number of morpholine rings is 1. The van der Waals surface area contributed by atoms with Gasteiger partial charge in [0.15, 0.2) is 0 Å². The summed E-state index contributed by atoms with van der Waals surface area (Å²) >= 11 is 0. The third kappa shape index (κ3) is 2.79. The summed E-state index contributed by atoms with van der Waals surface area (Å²) in [6.07, 6.45) is 9.76. The Morgan fingerprint density at radius 2 is 2.08 bits per heavy atom. The lowest BCUT2D eigenvalue weighted by Crippen LogP contribution is -2.40. The molecule has 7 heteroatoms. The van der Waals surface area contributed by atoms with Crippen molar-refractivity contribution in [3.8, 4) is 0 Å². The van der Waals surface area contributed by atoms with Gasteiger partial charge in [-0.2, -0.15) is 5.10 Å². The SMILES string of the molecule is CCn1cc(CN2[C@H]3CC[C@@H]2c2cnc(N4CCOCC4)nc2C3)cn1. The summed E-state index contributed by atoms with van der Waals surface area (Å²) in [6.45, 7) is 7.34. The number of aromatic nitrogens is 4. The summed E-state index contributed by atoms with van der Waals surface area (Å²) < 4.78 is 7.45. The third-order valence-corrected chi connectivity index (χ3v) is 5.99. The van der Waals surface area contributed by atoms with E-state index in [9.17, 15) is 0 Å². The summed E-state index contributed by atoms with van der Waals surface area (Å²) in [6, 6.07) is 1.04. The average Bonchev–Trinajstić information content (AvgIpc) is 3.25. The maximum Gasteiger partial charge on any atom is 0.225 e. The molecule has 0 aliphatic carbocycles. The Bertz CT molecular complexity index is 784. The molecule has 3 aliphatic heterocycles. The van der Waals surface area contributed by atoms with E-state index >= 15 is 0 Å². The molecule has 2 atom stereocenters. The van der Waals surface area contributed by atoms with Crippen molar-refractivity contribution in [1.82, 2.24) is 24.6 Å². The van der Waals surface area contributed by atoms with Gasteiger partial charge >= 0.3 is 0 Å². The molecule has 0 saturated carbocycles. The van der Waals surface area contributed by atoms with Gasteiger partial charge in [0.2, 0.25) is 5.95 Å². The van der Waals surface area contributed by atoms with Gasteiger partial charge < -0.3 is 9.64 Å². The minimum Gasteiger partial charge on any atom is -0.378 e. The summed E-state index contributed by atoms with van der Waals surface area (Å²) in [4.78, 5) is 14.5. The lowest BCUT2D eigenvalue weighted by molar-refractivity contribution is 0.122. The second kappa shape index (κ2) is 6.63. The fraction of sp³-hybridized carbons (Fsp3) is 0.632. The summed E-state index contributed by atoms with van der Waals surface area (Å²) in [5.41, 5.74) is 3.89. The van der Waals surface area contributed by atoms with Crippen LogP contribution < -0.4 is 4.90 Å². The first-order valence-corrected chi connectivity index (χ1v) is 9.77. The number of hydrogen-bond acceptors (Lipinski definition) is 6. The number of nitrogens with zero attached hydrogens (tertiary/aromatic N) is 6. The molecule has 0 spiro atoms. The molecule has 2 bridgehead atoms.